The maximum absolute atomic E-state index is 13.0. The molecule has 2 aromatic rings. The third-order valence-electron chi connectivity index (χ3n) is 4.37. The summed E-state index contributed by atoms with van der Waals surface area (Å²) in [6, 6.07) is 6.03. The van der Waals surface area contributed by atoms with Crippen LogP contribution in [-0.2, 0) is 6.54 Å². The van der Waals surface area contributed by atoms with E-state index in [-0.39, 0.29) is 11.8 Å². The minimum Gasteiger partial charge on any atom is -0.368 e. The van der Waals surface area contributed by atoms with E-state index < -0.39 is 0 Å². The molecule has 128 valence electrons. The molecule has 1 aromatic heterocycles. The maximum atomic E-state index is 13.0. The molecule has 0 aliphatic carbocycles. The quantitative estimate of drug-likeness (QED) is 0.543. The molecule has 0 amide bonds. The third-order valence-corrected chi connectivity index (χ3v) is 4.37. The summed E-state index contributed by atoms with van der Waals surface area (Å²) in [5.41, 5.74) is 6.52. The van der Waals surface area contributed by atoms with E-state index in [0.717, 1.165) is 19.6 Å². The van der Waals surface area contributed by atoms with Gasteiger partial charge in [0.1, 0.15) is 38.5 Å². The molecule has 5 N–H and O–H groups in total. The second kappa shape index (κ2) is 7.50. The van der Waals surface area contributed by atoms with Gasteiger partial charge in [-0.3, -0.25) is 0 Å². The number of anilines is 3. The summed E-state index contributed by atoms with van der Waals surface area (Å²) in [6.07, 6.45) is 0. The number of piperazine rings is 1. The molecule has 0 bridgehead atoms. The van der Waals surface area contributed by atoms with Crippen molar-refractivity contribution in [3.63, 3.8) is 0 Å². The van der Waals surface area contributed by atoms with Gasteiger partial charge in [0.05, 0.1) is 6.54 Å². The number of halogens is 1. The highest BCUT2D eigenvalue weighted by Gasteiger charge is 2.22. The molecule has 2 heterocycles. The molecular formula is C16H24FN7+2. The molecule has 1 aliphatic heterocycles. The van der Waals surface area contributed by atoms with E-state index in [0.29, 0.717) is 17.5 Å². The van der Waals surface area contributed by atoms with Gasteiger partial charge in [0.25, 0.3) is 0 Å². The number of rotatable bonds is 5. The van der Waals surface area contributed by atoms with Gasteiger partial charge in [0, 0.05) is 5.69 Å². The van der Waals surface area contributed by atoms with Crippen molar-refractivity contribution < 1.29 is 14.2 Å². The minimum atomic E-state index is -0.284. The molecule has 1 aliphatic rings. The molecule has 0 radical (unpaired) electrons. The van der Waals surface area contributed by atoms with Crippen molar-refractivity contribution in [1.82, 2.24) is 15.0 Å². The molecule has 1 saturated heterocycles. The number of benzene rings is 1. The Morgan fingerprint density at radius 3 is 2.38 bits per heavy atom. The summed E-state index contributed by atoms with van der Waals surface area (Å²) >= 11 is 0. The van der Waals surface area contributed by atoms with Crippen LogP contribution in [0.5, 0.6) is 0 Å². The van der Waals surface area contributed by atoms with Crippen LogP contribution in [0.3, 0.4) is 0 Å². The normalized spacial score (nSPS) is 20.8. The fourth-order valence-corrected chi connectivity index (χ4v) is 2.95. The average Bonchev–Trinajstić information content (AvgIpc) is 2.57. The van der Waals surface area contributed by atoms with Gasteiger partial charge in [-0.2, -0.15) is 15.0 Å². The zero-order chi connectivity index (χ0) is 16.9. The van der Waals surface area contributed by atoms with Crippen LogP contribution >= 0.6 is 0 Å². The number of quaternary nitrogens is 2. The number of nitrogens with zero attached hydrogens (tertiary/aromatic N) is 3. The summed E-state index contributed by atoms with van der Waals surface area (Å²) in [4.78, 5) is 15.9. The van der Waals surface area contributed by atoms with E-state index in [1.54, 1.807) is 17.0 Å². The van der Waals surface area contributed by atoms with Crippen LogP contribution in [0.15, 0.2) is 24.3 Å². The first kappa shape index (κ1) is 16.5. The highest BCUT2D eigenvalue weighted by atomic mass is 19.1. The Hall–Kier alpha value is -2.32. The van der Waals surface area contributed by atoms with E-state index in [9.17, 15) is 4.39 Å². The summed E-state index contributed by atoms with van der Waals surface area (Å²) in [6.45, 7) is 8.70. The molecule has 3 rings (SSSR count). The Morgan fingerprint density at radius 2 is 1.71 bits per heavy atom. The van der Waals surface area contributed by atoms with Gasteiger partial charge in [0.2, 0.25) is 11.9 Å². The maximum Gasteiger partial charge on any atom is 0.232 e. The smallest absolute Gasteiger partial charge is 0.232 e. The van der Waals surface area contributed by atoms with E-state index in [1.807, 2.05) is 0 Å². The van der Waals surface area contributed by atoms with Gasteiger partial charge in [-0.15, -0.1) is 0 Å². The molecule has 24 heavy (non-hydrogen) atoms. The predicted octanol–water partition coefficient (Wildman–Crippen LogP) is -1.36. The van der Waals surface area contributed by atoms with E-state index >= 15 is 0 Å². The Morgan fingerprint density at radius 1 is 1.04 bits per heavy atom. The lowest BCUT2D eigenvalue weighted by molar-refractivity contribution is -1.02. The molecule has 8 heteroatoms. The zero-order valence-electron chi connectivity index (χ0n) is 13.8. The van der Waals surface area contributed by atoms with Crippen LogP contribution in [0, 0.1) is 5.82 Å². The van der Waals surface area contributed by atoms with E-state index in [2.05, 4.69) is 27.2 Å². The van der Waals surface area contributed by atoms with Gasteiger partial charge in [-0.05, 0) is 31.2 Å². The number of aromatic nitrogens is 3. The molecule has 7 nitrogen and oxygen atoms in total. The highest BCUT2D eigenvalue weighted by molar-refractivity contribution is 5.53. The summed E-state index contributed by atoms with van der Waals surface area (Å²) < 4.78 is 13.0. The first-order valence-electron chi connectivity index (χ1n) is 8.32. The second-order valence-corrected chi connectivity index (χ2v) is 6.10. The minimum absolute atomic E-state index is 0.196. The average molecular weight is 333 g/mol. The molecule has 0 atom stereocenters. The largest absolute Gasteiger partial charge is 0.368 e. The van der Waals surface area contributed by atoms with Crippen molar-refractivity contribution in [2.75, 3.05) is 43.8 Å². The molecule has 0 spiro atoms. The molecule has 0 unspecified atom stereocenters. The molecule has 0 saturated carbocycles. The number of hydrogen-bond donors (Lipinski definition) is 4. The number of likely N-dealkylation sites (N-methyl/N-ethyl adjacent to an activating group) is 1. The van der Waals surface area contributed by atoms with Gasteiger partial charge in [-0.25, -0.2) is 4.39 Å². The van der Waals surface area contributed by atoms with Gasteiger partial charge in [-0.1, -0.05) is 0 Å². The van der Waals surface area contributed by atoms with Crippen molar-refractivity contribution in [3.05, 3.63) is 35.9 Å². The van der Waals surface area contributed by atoms with Crippen LogP contribution in [0.2, 0.25) is 0 Å². The SMILES string of the molecule is CC[NH+]1CC[NH+](Cc2nc(N)nc(Nc3ccc(F)cc3)n2)CC1. The molecule has 1 aromatic carbocycles. The van der Waals surface area contributed by atoms with E-state index in [1.165, 1.54) is 36.7 Å². The number of nitrogens with one attached hydrogen (secondary N) is 3. The Balaban J connectivity index is 1.66. The topological polar surface area (TPSA) is 85.6 Å². The predicted molar refractivity (Wildman–Crippen MR) is 89.6 cm³/mol. The molecular weight excluding hydrogens is 309 g/mol. The standard InChI is InChI=1S/C16H22FN7/c1-2-23-7-9-24(10-8-23)11-14-20-15(18)22-16(21-14)19-13-5-3-12(17)4-6-13/h3-6H,2,7-11H2,1H3,(H3,18,19,20,21,22)/p+2. The van der Waals surface area contributed by atoms with Crippen molar-refractivity contribution >= 4 is 17.6 Å². The number of nitrogen functional groups attached to an aromatic ring is 1. The molecule has 1 fully saturated rings. The fourth-order valence-electron chi connectivity index (χ4n) is 2.95. The fraction of sp³-hybridized carbons (Fsp3) is 0.438. The third kappa shape index (κ3) is 4.36. The van der Waals surface area contributed by atoms with Gasteiger partial charge >= 0.3 is 0 Å². The first-order chi connectivity index (χ1) is 11.6. The lowest BCUT2D eigenvalue weighted by atomic mass is 10.3. The summed E-state index contributed by atoms with van der Waals surface area (Å²) in [7, 11) is 0. The van der Waals surface area contributed by atoms with Gasteiger partial charge < -0.3 is 20.9 Å². The number of nitrogens with two attached hydrogens (primary N) is 1. The van der Waals surface area contributed by atoms with Crippen molar-refractivity contribution in [2.24, 2.45) is 0 Å². The number of hydrogen-bond acceptors (Lipinski definition) is 5. The van der Waals surface area contributed by atoms with Crippen LogP contribution < -0.4 is 20.9 Å². The zero-order valence-corrected chi connectivity index (χ0v) is 13.8. The highest BCUT2D eigenvalue weighted by Crippen LogP contribution is 2.13. The van der Waals surface area contributed by atoms with Gasteiger partial charge in [0.15, 0.2) is 5.82 Å². The van der Waals surface area contributed by atoms with Crippen molar-refractivity contribution in [1.29, 1.82) is 0 Å². The van der Waals surface area contributed by atoms with Crippen LogP contribution in [0.25, 0.3) is 0 Å². The monoisotopic (exact) mass is 333 g/mol. The Labute approximate surface area is 140 Å². The summed E-state index contributed by atoms with van der Waals surface area (Å²) in [5, 5.41) is 3.04. The van der Waals surface area contributed by atoms with Crippen LogP contribution in [0.1, 0.15) is 12.7 Å². The first-order valence-corrected chi connectivity index (χ1v) is 8.32. The van der Waals surface area contributed by atoms with E-state index in [4.69, 9.17) is 5.73 Å². The van der Waals surface area contributed by atoms with Crippen LogP contribution in [-0.4, -0.2) is 47.7 Å². The Bertz CT molecular complexity index is 669. The lowest BCUT2D eigenvalue weighted by Crippen LogP contribution is -3.27. The summed E-state index contributed by atoms with van der Waals surface area (Å²) in [5.74, 6) is 0.985. The lowest BCUT2D eigenvalue weighted by Gasteiger charge is -2.28. The van der Waals surface area contributed by atoms with Crippen LogP contribution in [0.4, 0.5) is 22.0 Å². The van der Waals surface area contributed by atoms with Crippen molar-refractivity contribution in [2.45, 2.75) is 13.5 Å². The second-order valence-electron chi connectivity index (χ2n) is 6.10. The Kier molecular flexibility index (Phi) is 5.17. The van der Waals surface area contributed by atoms with Crippen molar-refractivity contribution in [3.8, 4) is 0 Å².